The molecule has 0 spiro atoms. The summed E-state index contributed by atoms with van der Waals surface area (Å²) in [7, 11) is 0. The third kappa shape index (κ3) is 7.98. The quantitative estimate of drug-likeness (QED) is 0.457. The molecule has 2 fully saturated rings. The van der Waals surface area contributed by atoms with Crippen LogP contribution in [0.5, 0.6) is 5.75 Å². The molecular formula is C28H36F2N2O4. The Morgan fingerprint density at radius 3 is 2.33 bits per heavy atom. The van der Waals surface area contributed by atoms with Crippen LogP contribution in [0.1, 0.15) is 36.8 Å². The Hall–Kier alpha value is -2.55. The number of carbonyl (C=O) groups is 1. The molecular weight excluding hydrogens is 466 g/mol. The molecule has 2 saturated heterocycles. The first-order valence-corrected chi connectivity index (χ1v) is 12.9. The first-order chi connectivity index (χ1) is 17.6. The summed E-state index contributed by atoms with van der Waals surface area (Å²) >= 11 is 0. The van der Waals surface area contributed by atoms with E-state index in [4.69, 9.17) is 14.2 Å². The third-order valence-electron chi connectivity index (χ3n) is 6.79. The molecule has 4 rings (SSSR count). The number of nitrogens with zero attached hydrogens (tertiary/aromatic N) is 2. The van der Waals surface area contributed by atoms with E-state index in [1.807, 2.05) is 17.0 Å². The van der Waals surface area contributed by atoms with Crippen LogP contribution in [0.2, 0.25) is 0 Å². The molecule has 36 heavy (non-hydrogen) atoms. The van der Waals surface area contributed by atoms with Gasteiger partial charge in [-0.05, 0) is 54.7 Å². The fourth-order valence-corrected chi connectivity index (χ4v) is 4.79. The minimum Gasteiger partial charge on any atom is -0.491 e. The zero-order valence-corrected chi connectivity index (χ0v) is 20.7. The van der Waals surface area contributed by atoms with E-state index in [9.17, 15) is 13.6 Å². The molecule has 0 atom stereocenters. The van der Waals surface area contributed by atoms with Gasteiger partial charge >= 0.3 is 0 Å². The van der Waals surface area contributed by atoms with Crippen molar-refractivity contribution in [1.29, 1.82) is 0 Å². The standard InChI is InChI=1S/C28H36F2N2O4/c29-13-19-34-26-8-4-22(5-9-26)20-27(33)32(21-23-2-6-24(30)7-3-23)25-10-14-31(15-11-25)16-12-28-35-17-1-18-36-28/h2-9,25,28H,1,10-21H2. The van der Waals surface area contributed by atoms with E-state index in [2.05, 4.69) is 4.90 Å². The van der Waals surface area contributed by atoms with Gasteiger partial charge in [0.25, 0.3) is 0 Å². The first kappa shape index (κ1) is 26.5. The predicted octanol–water partition coefficient (Wildman–Crippen LogP) is 4.36. The average molecular weight is 503 g/mol. The van der Waals surface area contributed by atoms with E-state index in [1.54, 1.807) is 24.3 Å². The highest BCUT2D eigenvalue weighted by Crippen LogP contribution is 2.22. The van der Waals surface area contributed by atoms with Crippen LogP contribution in [-0.2, 0) is 27.2 Å². The second kappa shape index (κ2) is 13.7. The maximum atomic E-state index is 13.5. The molecule has 2 heterocycles. The van der Waals surface area contributed by atoms with Crippen LogP contribution < -0.4 is 4.74 Å². The molecule has 2 aliphatic rings. The summed E-state index contributed by atoms with van der Waals surface area (Å²) < 4.78 is 42.4. The van der Waals surface area contributed by atoms with Crippen LogP contribution in [0, 0.1) is 5.82 Å². The predicted molar refractivity (Wildman–Crippen MR) is 133 cm³/mol. The Bertz CT molecular complexity index is 928. The minimum absolute atomic E-state index is 0.0170. The SMILES string of the molecule is O=C(Cc1ccc(OCCF)cc1)N(Cc1ccc(F)cc1)C1CCN(CCC2OCCCO2)CC1. The summed E-state index contributed by atoms with van der Waals surface area (Å²) in [6.45, 7) is 4.19. The molecule has 6 nitrogen and oxygen atoms in total. The van der Waals surface area contributed by atoms with E-state index in [1.165, 1.54) is 12.1 Å². The van der Waals surface area contributed by atoms with Crippen molar-refractivity contribution >= 4 is 5.91 Å². The Labute approximate surface area is 212 Å². The highest BCUT2D eigenvalue weighted by atomic mass is 19.1. The lowest BCUT2D eigenvalue weighted by atomic mass is 10.0. The van der Waals surface area contributed by atoms with Crippen molar-refractivity contribution in [3.8, 4) is 5.75 Å². The summed E-state index contributed by atoms with van der Waals surface area (Å²) in [5, 5.41) is 0. The van der Waals surface area contributed by atoms with Crippen molar-refractivity contribution in [2.45, 2.75) is 51.0 Å². The number of amides is 1. The monoisotopic (exact) mass is 502 g/mol. The second-order valence-corrected chi connectivity index (χ2v) is 9.39. The Balaban J connectivity index is 1.36. The molecule has 2 aliphatic heterocycles. The summed E-state index contributed by atoms with van der Waals surface area (Å²) in [5.41, 5.74) is 1.79. The number of hydrogen-bond acceptors (Lipinski definition) is 5. The number of likely N-dealkylation sites (tertiary alicyclic amines) is 1. The smallest absolute Gasteiger partial charge is 0.227 e. The van der Waals surface area contributed by atoms with Gasteiger partial charge in [-0.1, -0.05) is 24.3 Å². The second-order valence-electron chi connectivity index (χ2n) is 9.39. The van der Waals surface area contributed by atoms with Gasteiger partial charge in [0.2, 0.25) is 5.91 Å². The van der Waals surface area contributed by atoms with Gasteiger partial charge in [-0.25, -0.2) is 8.78 Å². The number of hydrogen-bond donors (Lipinski definition) is 0. The van der Waals surface area contributed by atoms with E-state index in [0.717, 1.165) is 69.7 Å². The van der Waals surface area contributed by atoms with Crippen molar-refractivity contribution in [2.24, 2.45) is 0 Å². The van der Waals surface area contributed by atoms with Gasteiger partial charge in [-0.3, -0.25) is 4.79 Å². The molecule has 0 aromatic heterocycles. The number of halogens is 2. The zero-order valence-electron chi connectivity index (χ0n) is 20.7. The van der Waals surface area contributed by atoms with Gasteiger partial charge in [0.15, 0.2) is 6.29 Å². The Morgan fingerprint density at radius 2 is 1.67 bits per heavy atom. The minimum atomic E-state index is -0.542. The summed E-state index contributed by atoms with van der Waals surface area (Å²) in [5.74, 6) is 0.341. The molecule has 8 heteroatoms. The van der Waals surface area contributed by atoms with Gasteiger partial charge in [-0.15, -0.1) is 0 Å². The molecule has 2 aromatic carbocycles. The maximum Gasteiger partial charge on any atom is 0.227 e. The van der Waals surface area contributed by atoms with Crippen LogP contribution in [0.15, 0.2) is 48.5 Å². The van der Waals surface area contributed by atoms with E-state index >= 15 is 0 Å². The van der Waals surface area contributed by atoms with Crippen molar-refractivity contribution in [1.82, 2.24) is 9.80 Å². The summed E-state index contributed by atoms with van der Waals surface area (Å²) in [6.07, 6.45) is 3.73. The van der Waals surface area contributed by atoms with Crippen LogP contribution in [0.25, 0.3) is 0 Å². The fraction of sp³-hybridized carbons (Fsp3) is 0.536. The number of carbonyl (C=O) groups excluding carboxylic acids is 1. The number of alkyl halides is 1. The van der Waals surface area contributed by atoms with Crippen LogP contribution >= 0.6 is 0 Å². The fourth-order valence-electron chi connectivity index (χ4n) is 4.79. The van der Waals surface area contributed by atoms with Crippen LogP contribution in [0.4, 0.5) is 8.78 Å². The third-order valence-corrected chi connectivity index (χ3v) is 6.79. The molecule has 0 N–H and O–H groups in total. The Kier molecular flexibility index (Phi) is 10.1. The molecule has 0 saturated carbocycles. The largest absolute Gasteiger partial charge is 0.491 e. The lowest BCUT2D eigenvalue weighted by molar-refractivity contribution is -0.182. The van der Waals surface area contributed by atoms with Crippen LogP contribution in [0.3, 0.4) is 0 Å². The van der Waals surface area contributed by atoms with Crippen molar-refractivity contribution in [2.75, 3.05) is 46.1 Å². The average Bonchev–Trinajstić information content (AvgIpc) is 2.92. The molecule has 1 amide bonds. The number of piperidine rings is 1. The highest BCUT2D eigenvalue weighted by Gasteiger charge is 2.28. The molecule has 196 valence electrons. The van der Waals surface area contributed by atoms with Gasteiger partial charge in [0, 0.05) is 38.6 Å². The molecule has 2 aromatic rings. The zero-order chi connectivity index (χ0) is 25.2. The van der Waals surface area contributed by atoms with Gasteiger partial charge in [0.05, 0.1) is 19.6 Å². The summed E-state index contributed by atoms with van der Waals surface area (Å²) in [4.78, 5) is 17.8. The molecule has 0 bridgehead atoms. The van der Waals surface area contributed by atoms with Crippen molar-refractivity contribution < 1.29 is 27.8 Å². The van der Waals surface area contributed by atoms with Crippen molar-refractivity contribution in [3.63, 3.8) is 0 Å². The summed E-state index contributed by atoms with van der Waals surface area (Å²) in [6, 6.07) is 13.7. The number of ether oxygens (including phenoxy) is 3. The lowest BCUT2D eigenvalue weighted by Crippen LogP contribution is -2.48. The highest BCUT2D eigenvalue weighted by molar-refractivity contribution is 5.79. The molecule has 0 radical (unpaired) electrons. The molecule has 0 unspecified atom stereocenters. The molecule has 0 aliphatic carbocycles. The normalized spacial score (nSPS) is 17.7. The Morgan fingerprint density at radius 1 is 1.00 bits per heavy atom. The van der Waals surface area contributed by atoms with E-state index in [0.29, 0.717) is 12.3 Å². The van der Waals surface area contributed by atoms with E-state index in [-0.39, 0.29) is 37.1 Å². The van der Waals surface area contributed by atoms with Crippen LogP contribution in [-0.4, -0.2) is 74.2 Å². The van der Waals surface area contributed by atoms with Gasteiger partial charge < -0.3 is 24.0 Å². The number of benzene rings is 2. The van der Waals surface area contributed by atoms with E-state index < -0.39 is 6.67 Å². The van der Waals surface area contributed by atoms with Crippen molar-refractivity contribution in [3.05, 3.63) is 65.5 Å². The lowest BCUT2D eigenvalue weighted by Gasteiger charge is -2.39. The maximum absolute atomic E-state index is 13.5. The van der Waals surface area contributed by atoms with Gasteiger partial charge in [-0.2, -0.15) is 0 Å². The topological polar surface area (TPSA) is 51.2 Å². The first-order valence-electron chi connectivity index (χ1n) is 12.9. The van der Waals surface area contributed by atoms with Gasteiger partial charge in [0.1, 0.15) is 24.8 Å². The number of rotatable bonds is 11.